The van der Waals surface area contributed by atoms with Crippen LogP contribution in [0.4, 0.5) is 4.79 Å². The largest absolute Gasteiger partial charge is 0.466 e. The Morgan fingerprint density at radius 1 is 0.926 bits per heavy atom. The molecule has 0 atom stereocenters. The van der Waals surface area contributed by atoms with E-state index in [0.717, 1.165) is 0 Å². The van der Waals surface area contributed by atoms with Crippen molar-refractivity contribution in [1.82, 2.24) is 5.32 Å². The molecule has 1 amide bonds. The normalized spacial score (nSPS) is 12.2. The first-order valence-electron chi connectivity index (χ1n) is 9.45. The zero-order valence-corrected chi connectivity index (χ0v) is 15.6. The number of unbranched alkanes of at least 4 members (excludes halogenated alkanes) is 1. The zero-order valence-electron chi connectivity index (χ0n) is 15.6. The Labute approximate surface area is 159 Å². The molecule has 5 nitrogen and oxygen atoms in total. The second-order valence-corrected chi connectivity index (χ2v) is 6.51. The third-order valence-electron chi connectivity index (χ3n) is 4.73. The van der Waals surface area contributed by atoms with Gasteiger partial charge in [-0.1, -0.05) is 48.5 Å². The fourth-order valence-electron chi connectivity index (χ4n) is 3.47. The maximum atomic E-state index is 12.0. The second-order valence-electron chi connectivity index (χ2n) is 6.51. The topological polar surface area (TPSA) is 64.6 Å². The van der Waals surface area contributed by atoms with Gasteiger partial charge in [0.15, 0.2) is 0 Å². The third kappa shape index (κ3) is 4.67. The Kier molecular flexibility index (Phi) is 6.47. The first-order valence-corrected chi connectivity index (χ1v) is 9.45. The highest BCUT2D eigenvalue weighted by atomic mass is 16.5. The van der Waals surface area contributed by atoms with Gasteiger partial charge >= 0.3 is 12.1 Å². The number of hydrogen-bond acceptors (Lipinski definition) is 4. The smallest absolute Gasteiger partial charge is 0.407 e. The van der Waals surface area contributed by atoms with Gasteiger partial charge in [0.2, 0.25) is 0 Å². The van der Waals surface area contributed by atoms with Gasteiger partial charge in [-0.2, -0.15) is 0 Å². The van der Waals surface area contributed by atoms with Gasteiger partial charge in [0.25, 0.3) is 0 Å². The molecule has 0 radical (unpaired) electrons. The van der Waals surface area contributed by atoms with Gasteiger partial charge in [0, 0.05) is 18.9 Å². The average molecular weight is 367 g/mol. The molecule has 1 aliphatic carbocycles. The Morgan fingerprint density at radius 2 is 1.56 bits per heavy atom. The number of amides is 1. The van der Waals surface area contributed by atoms with Gasteiger partial charge in [-0.15, -0.1) is 0 Å². The quantitative estimate of drug-likeness (QED) is 0.559. The number of fused-ring (bicyclic) bond motifs is 3. The van der Waals surface area contributed by atoms with Gasteiger partial charge in [-0.3, -0.25) is 4.79 Å². The SMILES string of the molecule is CCOC(=O)CCCCNC(=O)OCC1c2ccccc2-c2ccccc21. The lowest BCUT2D eigenvalue weighted by Crippen LogP contribution is -2.27. The van der Waals surface area contributed by atoms with Crippen LogP contribution < -0.4 is 5.32 Å². The number of rotatable bonds is 8. The fourth-order valence-corrected chi connectivity index (χ4v) is 3.47. The highest BCUT2D eigenvalue weighted by Crippen LogP contribution is 2.44. The summed E-state index contributed by atoms with van der Waals surface area (Å²) in [5.41, 5.74) is 4.81. The van der Waals surface area contributed by atoms with Crippen molar-refractivity contribution in [2.75, 3.05) is 19.8 Å². The lowest BCUT2D eigenvalue weighted by Gasteiger charge is -2.14. The van der Waals surface area contributed by atoms with Crippen molar-refractivity contribution >= 4 is 12.1 Å². The number of alkyl carbamates (subject to hydrolysis) is 1. The molecule has 0 saturated carbocycles. The molecule has 0 aliphatic heterocycles. The van der Waals surface area contributed by atoms with Crippen LogP contribution in [0, 0.1) is 0 Å². The Morgan fingerprint density at radius 3 is 2.19 bits per heavy atom. The maximum absolute atomic E-state index is 12.0. The minimum absolute atomic E-state index is 0.0620. The molecular formula is C22H25NO4. The van der Waals surface area contributed by atoms with Gasteiger partial charge in [-0.05, 0) is 42.0 Å². The van der Waals surface area contributed by atoms with Crippen LogP contribution in [0.25, 0.3) is 11.1 Å². The average Bonchev–Trinajstić information content (AvgIpc) is 3.00. The van der Waals surface area contributed by atoms with E-state index in [9.17, 15) is 9.59 Å². The molecule has 2 aromatic carbocycles. The molecule has 0 spiro atoms. The molecule has 3 rings (SSSR count). The van der Waals surface area contributed by atoms with Crippen LogP contribution in [0.15, 0.2) is 48.5 Å². The Balaban J connectivity index is 1.46. The van der Waals surface area contributed by atoms with Crippen molar-refractivity contribution < 1.29 is 19.1 Å². The summed E-state index contributed by atoms with van der Waals surface area (Å²) in [4.78, 5) is 23.3. The number of benzene rings is 2. The molecule has 1 aliphatic rings. The van der Waals surface area contributed by atoms with E-state index in [1.54, 1.807) is 6.92 Å². The lowest BCUT2D eigenvalue weighted by atomic mass is 9.98. The Hall–Kier alpha value is -2.82. The molecule has 0 unspecified atom stereocenters. The van der Waals surface area contributed by atoms with Gasteiger partial charge in [-0.25, -0.2) is 4.79 Å². The summed E-state index contributed by atoms with van der Waals surface area (Å²) in [5, 5.41) is 2.75. The summed E-state index contributed by atoms with van der Waals surface area (Å²) in [7, 11) is 0. The van der Waals surface area contributed by atoms with E-state index in [1.165, 1.54) is 22.3 Å². The monoisotopic (exact) mass is 367 g/mol. The second kappa shape index (κ2) is 9.21. The minimum Gasteiger partial charge on any atom is -0.466 e. The number of hydrogen-bond donors (Lipinski definition) is 1. The van der Waals surface area contributed by atoms with Crippen LogP contribution in [0.1, 0.15) is 43.2 Å². The van der Waals surface area contributed by atoms with Crippen LogP contribution >= 0.6 is 0 Å². The van der Waals surface area contributed by atoms with Crippen molar-refractivity contribution in [3.63, 3.8) is 0 Å². The molecule has 0 bridgehead atoms. The number of esters is 1. The van der Waals surface area contributed by atoms with Crippen molar-refractivity contribution in [3.8, 4) is 11.1 Å². The molecule has 0 heterocycles. The predicted molar refractivity (Wildman–Crippen MR) is 104 cm³/mol. The van der Waals surface area contributed by atoms with Gasteiger partial charge in [0.05, 0.1) is 6.61 Å². The molecule has 27 heavy (non-hydrogen) atoms. The van der Waals surface area contributed by atoms with Crippen LogP contribution in [-0.4, -0.2) is 31.8 Å². The summed E-state index contributed by atoms with van der Waals surface area (Å²) in [6, 6.07) is 16.5. The van der Waals surface area contributed by atoms with E-state index >= 15 is 0 Å². The van der Waals surface area contributed by atoms with Crippen molar-refractivity contribution in [2.45, 2.75) is 32.1 Å². The minimum atomic E-state index is -0.423. The van der Waals surface area contributed by atoms with E-state index in [0.29, 0.717) is 39.0 Å². The van der Waals surface area contributed by atoms with Crippen LogP contribution in [0.5, 0.6) is 0 Å². The van der Waals surface area contributed by atoms with Crippen molar-refractivity contribution in [3.05, 3.63) is 59.7 Å². The predicted octanol–water partition coefficient (Wildman–Crippen LogP) is 4.26. The standard InChI is InChI=1S/C22H25NO4/c1-2-26-21(24)13-7-8-14-23-22(25)27-15-20-18-11-5-3-9-16(18)17-10-4-6-12-19(17)20/h3-6,9-12,20H,2,7-8,13-15H2,1H3,(H,23,25). The summed E-state index contributed by atoms with van der Waals surface area (Å²) < 4.78 is 10.3. The van der Waals surface area contributed by atoms with Gasteiger partial charge < -0.3 is 14.8 Å². The van der Waals surface area contributed by atoms with E-state index in [1.807, 2.05) is 24.3 Å². The molecule has 0 aromatic heterocycles. The summed E-state index contributed by atoms with van der Waals surface area (Å²) in [6.07, 6.45) is 1.35. The number of carbonyl (C=O) groups is 2. The van der Waals surface area contributed by atoms with E-state index in [2.05, 4.69) is 29.6 Å². The van der Waals surface area contributed by atoms with Crippen LogP contribution in [0.2, 0.25) is 0 Å². The molecule has 1 N–H and O–H groups in total. The number of nitrogens with one attached hydrogen (secondary N) is 1. The van der Waals surface area contributed by atoms with Crippen LogP contribution in [-0.2, 0) is 14.3 Å². The maximum Gasteiger partial charge on any atom is 0.407 e. The van der Waals surface area contributed by atoms with Gasteiger partial charge in [0.1, 0.15) is 6.61 Å². The van der Waals surface area contributed by atoms with E-state index in [-0.39, 0.29) is 11.9 Å². The zero-order chi connectivity index (χ0) is 19.1. The van der Waals surface area contributed by atoms with E-state index in [4.69, 9.17) is 9.47 Å². The lowest BCUT2D eigenvalue weighted by molar-refractivity contribution is -0.143. The summed E-state index contributed by atoms with van der Waals surface area (Å²) in [5.74, 6) is -0.134. The number of carbonyl (C=O) groups excluding carboxylic acids is 2. The summed E-state index contributed by atoms with van der Waals surface area (Å²) >= 11 is 0. The highest BCUT2D eigenvalue weighted by Gasteiger charge is 2.28. The Bertz CT molecular complexity index is 757. The van der Waals surface area contributed by atoms with Crippen LogP contribution in [0.3, 0.4) is 0 Å². The van der Waals surface area contributed by atoms with E-state index < -0.39 is 6.09 Å². The molecule has 0 saturated heterocycles. The third-order valence-corrected chi connectivity index (χ3v) is 4.73. The molecule has 0 fully saturated rings. The molecule has 5 heteroatoms. The molecular weight excluding hydrogens is 342 g/mol. The first kappa shape index (κ1) is 19.0. The highest BCUT2D eigenvalue weighted by molar-refractivity contribution is 5.79. The fraction of sp³-hybridized carbons (Fsp3) is 0.364. The molecule has 142 valence electrons. The first-order chi connectivity index (χ1) is 13.2. The van der Waals surface area contributed by atoms with Crippen molar-refractivity contribution in [1.29, 1.82) is 0 Å². The van der Waals surface area contributed by atoms with Crippen molar-refractivity contribution in [2.24, 2.45) is 0 Å². The summed E-state index contributed by atoms with van der Waals surface area (Å²) in [6.45, 7) is 2.98. The number of ether oxygens (including phenoxy) is 2. The molecule has 2 aromatic rings.